The van der Waals surface area contributed by atoms with E-state index in [1.165, 1.54) is 17.2 Å². The first-order valence-corrected chi connectivity index (χ1v) is 11.5. The Kier molecular flexibility index (Phi) is 8.82. The Morgan fingerprint density at radius 3 is 2.16 bits per heavy atom. The summed E-state index contributed by atoms with van der Waals surface area (Å²) in [7, 11) is 0. The van der Waals surface area contributed by atoms with E-state index in [-0.39, 0.29) is 10.8 Å². The predicted octanol–water partition coefficient (Wildman–Crippen LogP) is 6.93. The normalized spacial score (nSPS) is 12.0. The van der Waals surface area contributed by atoms with Crippen LogP contribution in [0.2, 0.25) is 0 Å². The third kappa shape index (κ3) is 6.30. The lowest BCUT2D eigenvalue weighted by atomic mass is 9.76. The molecule has 1 N–H and O–H groups in total. The van der Waals surface area contributed by atoms with Crippen LogP contribution in [0.15, 0.2) is 36.4 Å². The number of carbonyl (C=O) groups excluding carboxylic acids is 1. The molecule has 0 radical (unpaired) electrons. The Morgan fingerprint density at radius 1 is 0.938 bits per heavy atom. The molecule has 0 aliphatic rings. The molecular weight excluding hydrogens is 408 g/mol. The molecule has 0 spiro atoms. The van der Waals surface area contributed by atoms with Gasteiger partial charge in [0.2, 0.25) is 0 Å². The molecule has 0 saturated carbocycles. The van der Waals surface area contributed by atoms with Crippen molar-refractivity contribution in [1.29, 1.82) is 0 Å². The minimum Gasteiger partial charge on any atom is -0.493 e. The summed E-state index contributed by atoms with van der Waals surface area (Å²) in [6.45, 7) is 14.2. The van der Waals surface area contributed by atoms with Gasteiger partial charge in [0.15, 0.2) is 0 Å². The van der Waals surface area contributed by atoms with E-state index >= 15 is 0 Å². The summed E-state index contributed by atoms with van der Waals surface area (Å²) in [6, 6.07) is 9.90. The highest BCUT2D eigenvalue weighted by Crippen LogP contribution is 2.38. The van der Waals surface area contributed by atoms with E-state index in [1.54, 1.807) is 0 Å². The fraction of sp³-hybridized carbons (Fsp3) is 0.519. The Bertz CT molecular complexity index is 902. The lowest BCUT2D eigenvalue weighted by molar-refractivity contribution is 0.0944. The second-order valence-corrected chi connectivity index (χ2v) is 9.59. The molecule has 0 aliphatic carbocycles. The first-order chi connectivity index (χ1) is 15.0. The topological polar surface area (TPSA) is 38.3 Å². The number of benzene rings is 2. The zero-order valence-electron chi connectivity index (χ0n) is 20.3. The summed E-state index contributed by atoms with van der Waals surface area (Å²) in [5, 5.41) is 2.58. The van der Waals surface area contributed by atoms with Crippen LogP contribution in [0, 0.1) is 11.6 Å². The molecule has 0 unspecified atom stereocenters. The molecule has 0 aromatic heterocycles. The summed E-state index contributed by atoms with van der Waals surface area (Å²) in [5.41, 5.74) is 2.08. The van der Waals surface area contributed by atoms with E-state index in [0.29, 0.717) is 26.0 Å². The third-order valence-corrected chi connectivity index (χ3v) is 6.56. The van der Waals surface area contributed by atoms with Crippen LogP contribution in [0.3, 0.4) is 0 Å². The van der Waals surface area contributed by atoms with E-state index in [9.17, 15) is 13.6 Å². The number of carbonyl (C=O) groups is 1. The molecule has 0 saturated heterocycles. The number of nitrogens with one attached hydrogen (secondary N) is 1. The molecular formula is C27H37F2NO2. The maximum Gasteiger partial charge on any atom is 0.257 e. The van der Waals surface area contributed by atoms with Gasteiger partial charge in [-0.05, 0) is 60.3 Å². The van der Waals surface area contributed by atoms with Crippen LogP contribution < -0.4 is 10.1 Å². The van der Waals surface area contributed by atoms with Crippen LogP contribution in [-0.2, 0) is 10.8 Å². The molecule has 176 valence electrons. The van der Waals surface area contributed by atoms with E-state index in [2.05, 4.69) is 65.1 Å². The fourth-order valence-corrected chi connectivity index (χ4v) is 3.41. The number of hydrogen-bond acceptors (Lipinski definition) is 2. The highest BCUT2D eigenvalue weighted by molar-refractivity contribution is 5.94. The lowest BCUT2D eigenvalue weighted by Gasteiger charge is -2.30. The molecule has 0 fully saturated rings. The van der Waals surface area contributed by atoms with Crippen LogP contribution in [0.1, 0.15) is 88.7 Å². The van der Waals surface area contributed by atoms with Crippen LogP contribution in [-0.4, -0.2) is 19.1 Å². The monoisotopic (exact) mass is 445 g/mol. The molecule has 0 bridgehead atoms. The minimum atomic E-state index is -0.855. The highest BCUT2D eigenvalue weighted by atomic mass is 19.1. The van der Waals surface area contributed by atoms with Crippen molar-refractivity contribution < 1.29 is 18.3 Å². The summed E-state index contributed by atoms with van der Waals surface area (Å²) in [6.07, 6.45) is 3.42. The SMILES string of the molecule is CCC(C)(C)c1ccc(OCCCCNC(=O)c2c(F)cccc2F)c(C(C)(C)CC)c1. The Labute approximate surface area is 191 Å². The van der Waals surface area contributed by atoms with Crippen molar-refractivity contribution in [3.05, 3.63) is 64.7 Å². The second kappa shape index (κ2) is 10.9. The van der Waals surface area contributed by atoms with Gasteiger partial charge in [-0.2, -0.15) is 0 Å². The van der Waals surface area contributed by atoms with Gasteiger partial charge in [0.05, 0.1) is 6.61 Å². The standard InChI is InChI=1S/C27H37F2NO2/c1-7-26(3,4)19-14-15-23(20(18-19)27(5,6)8-2)32-17-10-9-16-30-25(31)24-21(28)12-11-13-22(24)29/h11-15,18H,7-10,16-17H2,1-6H3,(H,30,31). The molecule has 32 heavy (non-hydrogen) atoms. The number of halogens is 2. The number of amides is 1. The van der Waals surface area contributed by atoms with Crippen molar-refractivity contribution in [2.75, 3.05) is 13.2 Å². The number of hydrogen-bond donors (Lipinski definition) is 1. The first-order valence-electron chi connectivity index (χ1n) is 11.5. The van der Waals surface area contributed by atoms with Gasteiger partial charge in [-0.1, -0.05) is 59.7 Å². The average Bonchev–Trinajstić information content (AvgIpc) is 2.75. The molecule has 0 aliphatic heterocycles. The number of rotatable bonds is 11. The molecule has 5 heteroatoms. The van der Waals surface area contributed by atoms with Crippen molar-refractivity contribution in [2.24, 2.45) is 0 Å². The van der Waals surface area contributed by atoms with Crippen LogP contribution in [0.5, 0.6) is 5.75 Å². The fourth-order valence-electron chi connectivity index (χ4n) is 3.41. The zero-order chi connectivity index (χ0) is 23.9. The van der Waals surface area contributed by atoms with Crippen molar-refractivity contribution in [1.82, 2.24) is 5.32 Å². The van der Waals surface area contributed by atoms with Gasteiger partial charge >= 0.3 is 0 Å². The van der Waals surface area contributed by atoms with E-state index < -0.39 is 23.1 Å². The second-order valence-electron chi connectivity index (χ2n) is 9.59. The quantitative estimate of drug-likeness (QED) is 0.381. The van der Waals surface area contributed by atoms with Crippen LogP contribution in [0.25, 0.3) is 0 Å². The van der Waals surface area contributed by atoms with E-state index in [4.69, 9.17) is 4.74 Å². The van der Waals surface area contributed by atoms with Crippen LogP contribution in [0.4, 0.5) is 8.78 Å². The van der Waals surface area contributed by atoms with Crippen LogP contribution >= 0.6 is 0 Å². The zero-order valence-corrected chi connectivity index (χ0v) is 20.3. The lowest BCUT2D eigenvalue weighted by Crippen LogP contribution is -2.26. The molecule has 3 nitrogen and oxygen atoms in total. The van der Waals surface area contributed by atoms with Gasteiger partial charge in [-0.25, -0.2) is 8.78 Å². The van der Waals surface area contributed by atoms with Gasteiger partial charge in [-0.3, -0.25) is 4.79 Å². The maximum absolute atomic E-state index is 13.7. The van der Waals surface area contributed by atoms with Gasteiger partial charge in [0, 0.05) is 12.1 Å². The highest BCUT2D eigenvalue weighted by Gasteiger charge is 2.26. The largest absolute Gasteiger partial charge is 0.493 e. The molecule has 0 heterocycles. The Balaban J connectivity index is 1.94. The van der Waals surface area contributed by atoms with E-state index in [0.717, 1.165) is 30.7 Å². The summed E-state index contributed by atoms with van der Waals surface area (Å²) in [5.74, 6) is -1.55. The number of unbranched alkanes of at least 4 members (excludes halogenated alkanes) is 1. The van der Waals surface area contributed by atoms with Gasteiger partial charge in [0.1, 0.15) is 22.9 Å². The van der Waals surface area contributed by atoms with Crippen molar-refractivity contribution in [3.63, 3.8) is 0 Å². The van der Waals surface area contributed by atoms with Crippen molar-refractivity contribution in [2.45, 2.75) is 78.1 Å². The van der Waals surface area contributed by atoms with Gasteiger partial charge in [-0.15, -0.1) is 0 Å². The molecule has 2 aromatic carbocycles. The maximum atomic E-state index is 13.7. The molecule has 0 atom stereocenters. The molecule has 2 rings (SSSR count). The van der Waals surface area contributed by atoms with Gasteiger partial charge < -0.3 is 10.1 Å². The summed E-state index contributed by atoms with van der Waals surface area (Å²) >= 11 is 0. The first kappa shape index (κ1) is 25.8. The Hall–Kier alpha value is -2.43. The van der Waals surface area contributed by atoms with Crippen molar-refractivity contribution in [3.8, 4) is 5.75 Å². The Morgan fingerprint density at radius 2 is 1.56 bits per heavy atom. The van der Waals surface area contributed by atoms with E-state index in [1.807, 2.05) is 0 Å². The number of ether oxygens (including phenoxy) is 1. The summed E-state index contributed by atoms with van der Waals surface area (Å²) < 4.78 is 33.5. The smallest absolute Gasteiger partial charge is 0.257 e. The average molecular weight is 446 g/mol. The summed E-state index contributed by atoms with van der Waals surface area (Å²) in [4.78, 5) is 12.0. The molecule has 2 aromatic rings. The van der Waals surface area contributed by atoms with Gasteiger partial charge in [0.25, 0.3) is 5.91 Å². The molecule has 1 amide bonds. The predicted molar refractivity (Wildman–Crippen MR) is 126 cm³/mol. The minimum absolute atomic E-state index is 0.00698. The van der Waals surface area contributed by atoms with Crippen molar-refractivity contribution >= 4 is 5.91 Å². The third-order valence-electron chi connectivity index (χ3n) is 6.56.